The lowest BCUT2D eigenvalue weighted by molar-refractivity contribution is -0.711. The van der Waals surface area contributed by atoms with Crippen LogP contribution in [0.2, 0.25) is 0 Å². The molecule has 0 bridgehead atoms. The predicted octanol–water partition coefficient (Wildman–Crippen LogP) is 3.39. The van der Waals surface area contributed by atoms with Gasteiger partial charge in [0.15, 0.2) is 12.1 Å². The van der Waals surface area contributed by atoms with Gasteiger partial charge in [-0.15, -0.1) is 0 Å². The maximum Gasteiger partial charge on any atom is 0.282 e. The summed E-state index contributed by atoms with van der Waals surface area (Å²) < 4.78 is 5.32. The molecule has 0 fully saturated rings. The van der Waals surface area contributed by atoms with Crippen molar-refractivity contribution in [2.45, 2.75) is 18.5 Å². The molecule has 0 saturated heterocycles. The van der Waals surface area contributed by atoms with E-state index in [2.05, 4.69) is 45.9 Å². The molecule has 30 heavy (non-hydrogen) atoms. The standard InChI is InChI=1S/C25H23N3O2/c1-30-18-13-11-16(12-14-18)23-24-20(19-9-5-6-10-21(19)27-24)15-22(28-23)25(29)26-17-7-3-2-4-8-17/h2-14,22-23,27-28H,15H2,1H3,(H,26,29)/p+1/t22-,23+/m0/s1. The Kier molecular flexibility index (Phi) is 4.73. The van der Waals surface area contributed by atoms with Gasteiger partial charge >= 0.3 is 0 Å². The third-order valence-corrected chi connectivity index (χ3v) is 5.86. The molecule has 0 radical (unpaired) electrons. The van der Waals surface area contributed by atoms with Gasteiger partial charge in [-0.2, -0.15) is 0 Å². The van der Waals surface area contributed by atoms with Crippen LogP contribution in [0.25, 0.3) is 10.9 Å². The van der Waals surface area contributed by atoms with Crippen LogP contribution in [-0.4, -0.2) is 24.0 Å². The van der Waals surface area contributed by atoms with E-state index in [0.29, 0.717) is 6.42 Å². The van der Waals surface area contributed by atoms with Gasteiger partial charge in [0.05, 0.1) is 12.8 Å². The highest BCUT2D eigenvalue weighted by atomic mass is 16.5. The Hall–Kier alpha value is -3.57. The number of benzene rings is 3. The Balaban J connectivity index is 1.53. The van der Waals surface area contributed by atoms with Crippen molar-refractivity contribution in [3.05, 3.63) is 95.7 Å². The van der Waals surface area contributed by atoms with Crippen LogP contribution in [0, 0.1) is 0 Å². The number of methoxy groups -OCH3 is 1. The molecule has 2 atom stereocenters. The molecule has 150 valence electrons. The summed E-state index contributed by atoms with van der Waals surface area (Å²) in [5.41, 5.74) is 5.47. The monoisotopic (exact) mass is 398 g/mol. The summed E-state index contributed by atoms with van der Waals surface area (Å²) in [4.78, 5) is 16.7. The number of nitrogens with one attached hydrogen (secondary N) is 2. The number of H-pyrrole nitrogens is 1. The fourth-order valence-electron chi connectivity index (χ4n) is 4.35. The molecule has 0 unspecified atom stereocenters. The number of quaternary nitrogens is 1. The number of amides is 1. The molecular weight excluding hydrogens is 374 g/mol. The molecule has 1 aliphatic rings. The van der Waals surface area contributed by atoms with E-state index in [1.807, 2.05) is 48.5 Å². The van der Waals surface area contributed by atoms with E-state index in [-0.39, 0.29) is 18.0 Å². The minimum atomic E-state index is -0.219. The van der Waals surface area contributed by atoms with Gasteiger partial charge in [0.2, 0.25) is 0 Å². The lowest BCUT2D eigenvalue weighted by Gasteiger charge is -2.28. The van der Waals surface area contributed by atoms with E-state index in [1.54, 1.807) is 7.11 Å². The van der Waals surface area contributed by atoms with E-state index in [9.17, 15) is 4.79 Å². The Morgan fingerprint density at radius 2 is 1.73 bits per heavy atom. The lowest BCUT2D eigenvalue weighted by atomic mass is 9.90. The normalized spacial score (nSPS) is 18.0. The SMILES string of the molecule is COc1ccc([C@H]2[NH2+][C@H](C(=O)Nc3ccccc3)Cc3c2[nH]c2ccccc32)cc1. The van der Waals surface area contributed by atoms with Crippen molar-refractivity contribution in [3.63, 3.8) is 0 Å². The molecular formula is C25H24N3O2+. The van der Waals surface area contributed by atoms with Gasteiger partial charge in [0.25, 0.3) is 5.91 Å². The van der Waals surface area contributed by atoms with Crippen molar-refractivity contribution in [1.29, 1.82) is 0 Å². The molecule has 5 heteroatoms. The third-order valence-electron chi connectivity index (χ3n) is 5.86. The zero-order valence-corrected chi connectivity index (χ0v) is 16.8. The first kappa shape index (κ1) is 18.5. The van der Waals surface area contributed by atoms with Crippen molar-refractivity contribution < 1.29 is 14.8 Å². The molecule has 1 amide bonds. The fourth-order valence-corrected chi connectivity index (χ4v) is 4.35. The van der Waals surface area contributed by atoms with E-state index in [4.69, 9.17) is 4.74 Å². The Morgan fingerprint density at radius 3 is 2.50 bits per heavy atom. The van der Waals surface area contributed by atoms with E-state index < -0.39 is 0 Å². The second-order valence-electron chi connectivity index (χ2n) is 7.67. The topological polar surface area (TPSA) is 70.7 Å². The molecule has 0 saturated carbocycles. The number of ether oxygens (including phenoxy) is 1. The number of rotatable bonds is 4. The van der Waals surface area contributed by atoms with Crippen LogP contribution in [0.1, 0.15) is 22.9 Å². The molecule has 3 aromatic carbocycles. The predicted molar refractivity (Wildman–Crippen MR) is 118 cm³/mol. The van der Waals surface area contributed by atoms with E-state index in [1.165, 1.54) is 16.6 Å². The maximum atomic E-state index is 13.1. The highest BCUT2D eigenvalue weighted by Crippen LogP contribution is 2.32. The van der Waals surface area contributed by atoms with Gasteiger partial charge in [-0.3, -0.25) is 4.79 Å². The van der Waals surface area contributed by atoms with Crippen molar-refractivity contribution in [1.82, 2.24) is 4.98 Å². The van der Waals surface area contributed by atoms with Gasteiger partial charge in [-0.25, -0.2) is 0 Å². The first-order valence-corrected chi connectivity index (χ1v) is 10.2. The minimum Gasteiger partial charge on any atom is -0.497 e. The lowest BCUT2D eigenvalue weighted by Crippen LogP contribution is -2.95. The van der Waals surface area contributed by atoms with Crippen molar-refractivity contribution >= 4 is 22.5 Å². The summed E-state index contributed by atoms with van der Waals surface area (Å²) >= 11 is 0. The Bertz CT molecular complexity index is 1180. The smallest absolute Gasteiger partial charge is 0.282 e. The van der Waals surface area contributed by atoms with Gasteiger partial charge < -0.3 is 20.4 Å². The van der Waals surface area contributed by atoms with Crippen LogP contribution in [0.4, 0.5) is 5.69 Å². The highest BCUT2D eigenvalue weighted by Gasteiger charge is 2.37. The zero-order valence-electron chi connectivity index (χ0n) is 16.8. The van der Waals surface area contributed by atoms with Crippen LogP contribution < -0.4 is 15.4 Å². The van der Waals surface area contributed by atoms with Gasteiger partial charge in [-0.1, -0.05) is 36.4 Å². The van der Waals surface area contributed by atoms with E-state index in [0.717, 1.165) is 22.5 Å². The first-order valence-electron chi connectivity index (χ1n) is 10.2. The Morgan fingerprint density at radius 1 is 1.00 bits per heavy atom. The number of fused-ring (bicyclic) bond motifs is 3. The Labute approximate surface area is 175 Å². The fraction of sp³-hybridized carbons (Fsp3) is 0.160. The second-order valence-corrected chi connectivity index (χ2v) is 7.67. The van der Waals surface area contributed by atoms with E-state index >= 15 is 0 Å². The first-order chi connectivity index (χ1) is 14.7. The molecule has 0 spiro atoms. The number of hydrogen-bond acceptors (Lipinski definition) is 2. The summed E-state index contributed by atoms with van der Waals surface area (Å²) in [5, 5.41) is 6.43. The zero-order chi connectivity index (χ0) is 20.5. The molecule has 5 rings (SSSR count). The van der Waals surface area contributed by atoms with Crippen LogP contribution in [-0.2, 0) is 11.2 Å². The quantitative estimate of drug-likeness (QED) is 0.493. The number of anilines is 1. The average Bonchev–Trinajstić information content (AvgIpc) is 3.18. The van der Waals surface area contributed by atoms with Crippen molar-refractivity contribution in [2.75, 3.05) is 12.4 Å². The number of nitrogens with two attached hydrogens (primary N) is 1. The number of carbonyl (C=O) groups excluding carboxylic acids is 1. The average molecular weight is 398 g/mol. The van der Waals surface area contributed by atoms with Crippen LogP contribution in [0.3, 0.4) is 0 Å². The van der Waals surface area contributed by atoms with Gasteiger partial charge in [0, 0.05) is 28.6 Å². The molecule has 0 aliphatic carbocycles. The largest absolute Gasteiger partial charge is 0.497 e. The molecule has 1 aromatic heterocycles. The highest BCUT2D eigenvalue weighted by molar-refractivity contribution is 5.95. The number of para-hydroxylation sites is 2. The van der Waals surface area contributed by atoms with Crippen LogP contribution in [0.15, 0.2) is 78.9 Å². The maximum absolute atomic E-state index is 13.1. The number of hydrogen-bond donors (Lipinski definition) is 3. The molecule has 1 aliphatic heterocycles. The molecule has 4 N–H and O–H groups in total. The van der Waals surface area contributed by atoms with Gasteiger partial charge in [-0.05, 0) is 48.0 Å². The summed E-state index contributed by atoms with van der Waals surface area (Å²) in [5.74, 6) is 0.848. The second kappa shape index (κ2) is 7.69. The summed E-state index contributed by atoms with van der Waals surface area (Å²) in [6.45, 7) is 0. The minimum absolute atomic E-state index is 0.0126. The van der Waals surface area contributed by atoms with Crippen LogP contribution >= 0.6 is 0 Å². The summed E-state index contributed by atoms with van der Waals surface area (Å²) in [6.07, 6.45) is 0.685. The number of carbonyl (C=O) groups is 1. The number of aromatic nitrogens is 1. The van der Waals surface area contributed by atoms with Crippen molar-refractivity contribution in [2.24, 2.45) is 0 Å². The molecule has 2 heterocycles. The summed E-state index contributed by atoms with van der Waals surface area (Å²) in [6, 6.07) is 25.8. The third kappa shape index (κ3) is 3.33. The number of aromatic amines is 1. The van der Waals surface area contributed by atoms with Crippen molar-refractivity contribution in [3.8, 4) is 5.75 Å². The summed E-state index contributed by atoms with van der Waals surface area (Å²) in [7, 11) is 1.67. The van der Waals surface area contributed by atoms with Gasteiger partial charge in [0.1, 0.15) is 5.75 Å². The molecule has 5 nitrogen and oxygen atoms in total. The molecule has 4 aromatic rings. The van der Waals surface area contributed by atoms with Crippen LogP contribution in [0.5, 0.6) is 5.75 Å².